The fraction of sp³-hybridized carbons (Fsp3) is 0.750. The Kier molecular flexibility index (Phi) is 8.93. The molecule has 0 amide bonds. The second kappa shape index (κ2) is 9.56. The molecule has 0 fully saturated rings. The van der Waals surface area contributed by atoms with Gasteiger partial charge in [-0.25, -0.2) is 9.59 Å². The SMILES string of the molecule is CC(C)C[C@@H](C)OC(=O)/C=C/C(=O)O[C@H](C)CC(C)C. The van der Waals surface area contributed by atoms with Gasteiger partial charge in [-0.1, -0.05) is 27.7 Å². The number of hydrogen-bond donors (Lipinski definition) is 0. The van der Waals surface area contributed by atoms with Gasteiger partial charge in [0.2, 0.25) is 0 Å². The highest BCUT2D eigenvalue weighted by atomic mass is 16.5. The minimum Gasteiger partial charge on any atom is -0.460 e. The third-order valence-electron chi connectivity index (χ3n) is 2.60. The van der Waals surface area contributed by atoms with Crippen LogP contribution in [0.4, 0.5) is 0 Å². The zero-order chi connectivity index (χ0) is 15.7. The molecule has 0 rings (SSSR count). The zero-order valence-corrected chi connectivity index (χ0v) is 13.5. The summed E-state index contributed by atoms with van der Waals surface area (Å²) in [6.45, 7) is 11.9. The molecular formula is C16H28O4. The van der Waals surface area contributed by atoms with Crippen molar-refractivity contribution in [3.05, 3.63) is 12.2 Å². The number of rotatable bonds is 8. The van der Waals surface area contributed by atoms with E-state index in [0.29, 0.717) is 11.8 Å². The van der Waals surface area contributed by atoms with E-state index in [1.165, 1.54) is 0 Å². The first-order chi connectivity index (χ1) is 9.20. The van der Waals surface area contributed by atoms with Gasteiger partial charge in [0.25, 0.3) is 0 Å². The molecule has 0 spiro atoms. The van der Waals surface area contributed by atoms with E-state index in [-0.39, 0.29) is 12.2 Å². The molecule has 0 aliphatic carbocycles. The Labute approximate surface area is 122 Å². The first-order valence-electron chi connectivity index (χ1n) is 7.30. The Hall–Kier alpha value is -1.32. The molecular weight excluding hydrogens is 256 g/mol. The third kappa shape index (κ3) is 10.6. The smallest absolute Gasteiger partial charge is 0.331 e. The minimum atomic E-state index is -0.508. The van der Waals surface area contributed by atoms with Gasteiger partial charge in [-0.3, -0.25) is 0 Å². The van der Waals surface area contributed by atoms with Crippen molar-refractivity contribution >= 4 is 11.9 Å². The van der Waals surface area contributed by atoms with E-state index in [0.717, 1.165) is 25.0 Å². The Morgan fingerprint density at radius 2 is 1.05 bits per heavy atom. The summed E-state index contributed by atoms with van der Waals surface area (Å²) < 4.78 is 10.3. The molecule has 116 valence electrons. The Morgan fingerprint density at radius 3 is 1.30 bits per heavy atom. The van der Waals surface area contributed by atoms with E-state index in [9.17, 15) is 9.59 Å². The first-order valence-corrected chi connectivity index (χ1v) is 7.30. The van der Waals surface area contributed by atoms with Crippen molar-refractivity contribution in [3.8, 4) is 0 Å². The highest BCUT2D eigenvalue weighted by Gasteiger charge is 2.11. The van der Waals surface area contributed by atoms with Gasteiger partial charge in [0.15, 0.2) is 0 Å². The van der Waals surface area contributed by atoms with Gasteiger partial charge in [0, 0.05) is 12.2 Å². The zero-order valence-electron chi connectivity index (χ0n) is 13.5. The maximum absolute atomic E-state index is 11.5. The Bertz CT molecular complexity index is 299. The molecule has 0 radical (unpaired) electrons. The molecule has 0 aliphatic rings. The van der Waals surface area contributed by atoms with E-state index in [1.54, 1.807) is 0 Å². The van der Waals surface area contributed by atoms with Gasteiger partial charge < -0.3 is 9.47 Å². The Morgan fingerprint density at radius 1 is 0.750 bits per heavy atom. The van der Waals surface area contributed by atoms with Gasteiger partial charge in [-0.2, -0.15) is 0 Å². The quantitative estimate of drug-likeness (QED) is 0.505. The number of carbonyl (C=O) groups excluding carboxylic acids is 2. The number of esters is 2. The fourth-order valence-electron chi connectivity index (χ4n) is 2.04. The molecule has 0 saturated carbocycles. The summed E-state index contributed by atoms with van der Waals surface area (Å²) in [5.74, 6) is -0.0921. The molecule has 20 heavy (non-hydrogen) atoms. The summed E-state index contributed by atoms with van der Waals surface area (Å²) in [5.41, 5.74) is 0. The molecule has 0 bridgehead atoms. The van der Waals surface area contributed by atoms with Gasteiger partial charge in [-0.05, 0) is 38.5 Å². The monoisotopic (exact) mass is 284 g/mol. The topological polar surface area (TPSA) is 52.6 Å². The highest BCUT2D eigenvalue weighted by molar-refractivity contribution is 5.91. The largest absolute Gasteiger partial charge is 0.460 e. The fourth-order valence-corrected chi connectivity index (χ4v) is 2.04. The van der Waals surface area contributed by atoms with Gasteiger partial charge >= 0.3 is 11.9 Å². The number of carbonyl (C=O) groups is 2. The van der Waals surface area contributed by atoms with Crippen LogP contribution < -0.4 is 0 Å². The van der Waals surface area contributed by atoms with Crippen LogP contribution in [-0.4, -0.2) is 24.1 Å². The second-order valence-corrected chi connectivity index (χ2v) is 6.09. The highest BCUT2D eigenvalue weighted by Crippen LogP contribution is 2.09. The van der Waals surface area contributed by atoms with Crippen LogP contribution in [0.5, 0.6) is 0 Å². The summed E-state index contributed by atoms with van der Waals surface area (Å²) in [5, 5.41) is 0. The average molecular weight is 284 g/mol. The van der Waals surface area contributed by atoms with Crippen molar-refractivity contribution in [2.24, 2.45) is 11.8 Å². The normalized spacial score (nSPS) is 14.6. The van der Waals surface area contributed by atoms with Crippen molar-refractivity contribution in [1.82, 2.24) is 0 Å². The van der Waals surface area contributed by atoms with Crippen molar-refractivity contribution < 1.29 is 19.1 Å². The molecule has 0 aliphatic heterocycles. The van der Waals surface area contributed by atoms with E-state index in [2.05, 4.69) is 27.7 Å². The molecule has 4 heteroatoms. The van der Waals surface area contributed by atoms with Crippen LogP contribution in [0.3, 0.4) is 0 Å². The molecule has 2 atom stereocenters. The van der Waals surface area contributed by atoms with E-state index >= 15 is 0 Å². The maximum Gasteiger partial charge on any atom is 0.331 e. The molecule has 0 N–H and O–H groups in total. The lowest BCUT2D eigenvalue weighted by atomic mass is 10.1. The molecule has 0 saturated heterocycles. The van der Waals surface area contributed by atoms with Crippen molar-refractivity contribution in [3.63, 3.8) is 0 Å². The Balaban J connectivity index is 4.08. The number of hydrogen-bond acceptors (Lipinski definition) is 4. The van der Waals surface area contributed by atoms with Gasteiger partial charge in [-0.15, -0.1) is 0 Å². The summed E-state index contributed by atoms with van der Waals surface area (Å²) in [6, 6.07) is 0. The van der Waals surface area contributed by atoms with E-state index in [4.69, 9.17) is 9.47 Å². The molecule has 0 unspecified atom stereocenters. The van der Waals surface area contributed by atoms with Gasteiger partial charge in [0.1, 0.15) is 0 Å². The molecule has 4 nitrogen and oxygen atoms in total. The van der Waals surface area contributed by atoms with Gasteiger partial charge in [0.05, 0.1) is 12.2 Å². The van der Waals surface area contributed by atoms with Crippen LogP contribution in [0.25, 0.3) is 0 Å². The third-order valence-corrected chi connectivity index (χ3v) is 2.60. The van der Waals surface area contributed by atoms with E-state index < -0.39 is 11.9 Å². The van der Waals surface area contributed by atoms with Crippen molar-refractivity contribution in [2.45, 2.75) is 66.6 Å². The standard InChI is InChI=1S/C16H28O4/c1-11(2)9-13(5)19-15(17)7-8-16(18)20-14(6)10-12(3)4/h7-8,11-14H,9-10H2,1-6H3/b8-7+/t13-,14-/m1/s1. The van der Waals surface area contributed by atoms with E-state index in [1.807, 2.05) is 13.8 Å². The lowest BCUT2D eigenvalue weighted by molar-refractivity contribution is -0.145. The minimum absolute atomic E-state index is 0.150. The van der Waals surface area contributed by atoms with Crippen molar-refractivity contribution in [2.75, 3.05) is 0 Å². The lowest BCUT2D eigenvalue weighted by Crippen LogP contribution is -2.17. The van der Waals surface area contributed by atoms with Crippen LogP contribution in [0, 0.1) is 11.8 Å². The maximum atomic E-state index is 11.5. The van der Waals surface area contributed by atoms with Crippen LogP contribution in [-0.2, 0) is 19.1 Å². The first kappa shape index (κ1) is 18.7. The van der Waals surface area contributed by atoms with Crippen LogP contribution in [0.15, 0.2) is 12.2 Å². The van der Waals surface area contributed by atoms with Crippen molar-refractivity contribution in [1.29, 1.82) is 0 Å². The lowest BCUT2D eigenvalue weighted by Gasteiger charge is -2.14. The predicted molar refractivity (Wildman–Crippen MR) is 79.2 cm³/mol. The van der Waals surface area contributed by atoms with Crippen LogP contribution >= 0.6 is 0 Å². The molecule has 0 heterocycles. The molecule has 0 aromatic heterocycles. The molecule has 0 aromatic rings. The second-order valence-electron chi connectivity index (χ2n) is 6.09. The summed E-state index contributed by atoms with van der Waals surface area (Å²) in [6.07, 6.45) is 3.55. The van der Waals surface area contributed by atoms with Crippen LogP contribution in [0.2, 0.25) is 0 Å². The van der Waals surface area contributed by atoms with Crippen LogP contribution in [0.1, 0.15) is 54.4 Å². The summed E-state index contributed by atoms with van der Waals surface area (Å²) in [7, 11) is 0. The summed E-state index contributed by atoms with van der Waals surface area (Å²) in [4.78, 5) is 23.0. The average Bonchev–Trinajstić information content (AvgIpc) is 2.23. The number of ether oxygens (including phenoxy) is 2. The predicted octanol–water partition coefficient (Wildman–Crippen LogP) is 3.50. The summed E-state index contributed by atoms with van der Waals surface area (Å²) >= 11 is 0. The molecule has 0 aromatic carbocycles.